The van der Waals surface area contributed by atoms with Gasteiger partial charge in [0.2, 0.25) is 23.3 Å². The van der Waals surface area contributed by atoms with E-state index in [1.807, 2.05) is 78.8 Å². The van der Waals surface area contributed by atoms with E-state index in [4.69, 9.17) is 24.9 Å². The van der Waals surface area contributed by atoms with Crippen LogP contribution in [0.3, 0.4) is 0 Å². The van der Waals surface area contributed by atoms with Crippen molar-refractivity contribution in [3.63, 3.8) is 0 Å². The first-order valence-corrected chi connectivity index (χ1v) is 27.1. The van der Waals surface area contributed by atoms with Crippen molar-refractivity contribution in [1.82, 2.24) is 59.2 Å². The third-order valence-corrected chi connectivity index (χ3v) is 14.6. The monoisotopic (exact) mass is 1100 g/mol. The minimum atomic E-state index is -0.556. The lowest BCUT2D eigenvalue weighted by atomic mass is 9.98. The molecule has 2 fully saturated rings. The standard InChI is InChI=1S/C57H65N15O9/c1-5-59-54(77)52-66-65-51(42-30-41(35(2)3)43(73)31-44(42)74)72(52)39-13-11-36(12-14-39)34-68-22-24-69(25-23-68)47(75)29-37-9-6-7-10-45(37)81-57(78)70-26-20-67(21-27-70)18-8-28-80-46-16-15-40-48(49(46)79-4)63-56(71-19-17-60-50(40)71)64-53(76)38-32-61-55(58)62-33-38/h6-7,9-16,30-33,35,60,73-74H,5,8,17-29,34H2,1-4H3,(H,59,77)(H2,58,61,62). The molecule has 0 unspecified atom stereocenters. The number of nitrogens with two attached hydrogens (primary N) is 1. The van der Waals surface area contributed by atoms with E-state index in [0.717, 1.165) is 23.3 Å². The quantitative estimate of drug-likeness (QED) is 0.0780. The molecule has 4 aromatic carbocycles. The number of nitrogens with zero attached hydrogens (tertiary/aromatic N) is 12. The molecule has 10 rings (SSSR count). The molecule has 3 aliphatic rings. The number of nitrogen functional groups attached to an aromatic ring is 1. The van der Waals surface area contributed by atoms with Gasteiger partial charge in [0, 0.05) is 120 Å². The van der Waals surface area contributed by atoms with Crippen molar-refractivity contribution in [1.29, 1.82) is 0 Å². The van der Waals surface area contributed by atoms with E-state index in [2.05, 4.69) is 45.6 Å². The summed E-state index contributed by atoms with van der Waals surface area (Å²) in [5.74, 6) is 1.13. The predicted octanol–water partition coefficient (Wildman–Crippen LogP) is 4.59. The van der Waals surface area contributed by atoms with Gasteiger partial charge in [-0.25, -0.2) is 19.7 Å². The van der Waals surface area contributed by atoms with Gasteiger partial charge in [-0.05, 0) is 66.8 Å². The number of ether oxygens (including phenoxy) is 3. The Morgan fingerprint density at radius 2 is 1.57 bits per heavy atom. The molecule has 7 aromatic rings. The number of benzene rings is 4. The molecule has 6 N–H and O–H groups in total. The molecule has 422 valence electrons. The fourth-order valence-corrected chi connectivity index (χ4v) is 10.2. The first-order valence-electron chi connectivity index (χ1n) is 27.1. The summed E-state index contributed by atoms with van der Waals surface area (Å²) in [5, 5.41) is 36.9. The Balaban J connectivity index is 0.687. The minimum Gasteiger partial charge on any atom is -0.508 e. The average molecular weight is 1100 g/mol. The molecule has 6 heterocycles. The largest absolute Gasteiger partial charge is 0.508 e. The molecule has 0 saturated carbocycles. The van der Waals surface area contributed by atoms with Crippen LogP contribution in [0.25, 0.3) is 28.0 Å². The SMILES string of the molecule is CCNC(=O)c1nnc(-c2cc(C(C)C)c(O)cc2O)n1-c1ccc(CN2CCN(C(=O)Cc3ccccc3OC(=O)N3CCN(CCCOc4ccc5c6n(c(=NC(=O)c7cnc(N)nc7)nc5c4OC)CCN6)CC3)CC2)cc1. The number of fused-ring (bicyclic) bond motifs is 3. The highest BCUT2D eigenvalue weighted by atomic mass is 16.6. The maximum absolute atomic E-state index is 13.7. The molecule has 24 nitrogen and oxygen atoms in total. The van der Waals surface area contributed by atoms with Crippen molar-refractivity contribution in [2.24, 2.45) is 4.99 Å². The summed E-state index contributed by atoms with van der Waals surface area (Å²) in [6.07, 6.45) is 2.99. The van der Waals surface area contributed by atoms with E-state index in [1.165, 1.54) is 18.5 Å². The number of rotatable bonds is 17. The van der Waals surface area contributed by atoms with Crippen LogP contribution in [0.1, 0.15) is 70.8 Å². The van der Waals surface area contributed by atoms with Crippen molar-refractivity contribution in [3.05, 3.63) is 119 Å². The number of phenolic OH excluding ortho intramolecular Hbond substituents is 2. The number of phenols is 2. The Morgan fingerprint density at radius 1 is 0.840 bits per heavy atom. The van der Waals surface area contributed by atoms with Crippen LogP contribution in [0, 0.1) is 0 Å². The topological polar surface area (TPSA) is 286 Å². The summed E-state index contributed by atoms with van der Waals surface area (Å²) in [7, 11) is 1.55. The van der Waals surface area contributed by atoms with Gasteiger partial charge in [-0.2, -0.15) is 4.99 Å². The van der Waals surface area contributed by atoms with Crippen molar-refractivity contribution in [2.45, 2.75) is 52.6 Å². The summed E-state index contributed by atoms with van der Waals surface area (Å²) in [5.41, 5.74) is 9.71. The number of para-hydroxylation sites is 1. The van der Waals surface area contributed by atoms with Gasteiger partial charge in [-0.15, -0.1) is 10.2 Å². The number of aromatic hydroxyl groups is 2. The summed E-state index contributed by atoms with van der Waals surface area (Å²) in [4.78, 5) is 78.5. The molecular weight excluding hydrogens is 1040 g/mol. The summed E-state index contributed by atoms with van der Waals surface area (Å²) >= 11 is 0. The first-order chi connectivity index (χ1) is 39.3. The highest BCUT2D eigenvalue weighted by Gasteiger charge is 2.28. The van der Waals surface area contributed by atoms with E-state index in [-0.39, 0.29) is 58.5 Å². The molecule has 3 aromatic heterocycles. The zero-order valence-electron chi connectivity index (χ0n) is 45.7. The number of hydrogen-bond acceptors (Lipinski definition) is 18. The second-order valence-corrected chi connectivity index (χ2v) is 20.2. The number of hydrogen-bond donors (Lipinski definition) is 5. The van der Waals surface area contributed by atoms with Crippen LogP contribution in [-0.2, 0) is 24.3 Å². The van der Waals surface area contributed by atoms with Crippen molar-refractivity contribution < 1.29 is 43.6 Å². The Morgan fingerprint density at radius 3 is 2.30 bits per heavy atom. The van der Waals surface area contributed by atoms with Crippen molar-refractivity contribution in [3.8, 4) is 45.8 Å². The summed E-state index contributed by atoms with van der Waals surface area (Å²) in [6, 6.07) is 21.6. The van der Waals surface area contributed by atoms with Crippen LogP contribution >= 0.6 is 0 Å². The highest BCUT2D eigenvalue weighted by Crippen LogP contribution is 2.39. The minimum absolute atomic E-state index is 0.0322. The van der Waals surface area contributed by atoms with Crippen molar-refractivity contribution in [2.75, 3.05) is 96.8 Å². The molecule has 0 atom stereocenters. The first kappa shape index (κ1) is 55.2. The molecule has 2 saturated heterocycles. The van der Waals surface area contributed by atoms with Crippen LogP contribution in [0.15, 0.2) is 90.2 Å². The van der Waals surface area contributed by atoms with Gasteiger partial charge in [-0.3, -0.25) is 33.3 Å². The van der Waals surface area contributed by atoms with Gasteiger partial charge in [0.05, 0.1) is 31.3 Å². The lowest BCUT2D eigenvalue weighted by molar-refractivity contribution is -0.132. The maximum atomic E-state index is 13.7. The Kier molecular flexibility index (Phi) is 16.7. The zero-order valence-corrected chi connectivity index (χ0v) is 45.7. The number of nitrogens with one attached hydrogen (secondary N) is 2. The number of amides is 4. The van der Waals surface area contributed by atoms with E-state index < -0.39 is 17.9 Å². The van der Waals surface area contributed by atoms with E-state index in [1.54, 1.807) is 34.8 Å². The maximum Gasteiger partial charge on any atom is 0.415 e. The third kappa shape index (κ3) is 12.2. The van der Waals surface area contributed by atoms with Crippen LogP contribution < -0.4 is 36.2 Å². The fraction of sp³-hybridized carbons (Fsp3) is 0.368. The normalized spacial score (nSPS) is 15.0. The number of methoxy groups -OCH3 is 1. The number of aromatic nitrogens is 7. The lowest BCUT2D eigenvalue weighted by Gasteiger charge is -2.35. The van der Waals surface area contributed by atoms with Crippen LogP contribution in [0.2, 0.25) is 0 Å². The smallest absolute Gasteiger partial charge is 0.415 e. The molecule has 81 heavy (non-hydrogen) atoms. The average Bonchev–Trinajstić information content (AvgIpc) is 4.26. The van der Waals surface area contributed by atoms with Gasteiger partial charge in [-0.1, -0.05) is 44.2 Å². The van der Waals surface area contributed by atoms with E-state index in [0.29, 0.717) is 137 Å². The molecule has 0 bridgehead atoms. The van der Waals surface area contributed by atoms with Gasteiger partial charge in [0.15, 0.2) is 17.3 Å². The highest BCUT2D eigenvalue weighted by molar-refractivity contribution is 5.97. The fourth-order valence-electron chi connectivity index (χ4n) is 10.2. The van der Waals surface area contributed by atoms with Crippen LogP contribution in [0.4, 0.5) is 16.6 Å². The lowest BCUT2D eigenvalue weighted by Crippen LogP contribution is -2.50. The molecule has 24 heteroatoms. The van der Waals surface area contributed by atoms with Gasteiger partial charge in [0.25, 0.3) is 11.8 Å². The van der Waals surface area contributed by atoms with Gasteiger partial charge >= 0.3 is 6.09 Å². The second kappa shape index (κ2) is 24.5. The Hall–Kier alpha value is -9.16. The number of piperazine rings is 2. The molecule has 0 spiro atoms. The Bertz CT molecular complexity index is 3530. The summed E-state index contributed by atoms with van der Waals surface area (Å²) < 4.78 is 21.5. The third-order valence-electron chi connectivity index (χ3n) is 14.6. The Labute approximate surface area is 466 Å². The van der Waals surface area contributed by atoms with E-state index in [9.17, 15) is 29.4 Å². The second-order valence-electron chi connectivity index (χ2n) is 20.2. The van der Waals surface area contributed by atoms with Gasteiger partial charge < -0.3 is 50.6 Å². The molecular formula is C57H65N15O9. The number of carbonyl (C=O) groups excluding carboxylic acids is 4. The van der Waals surface area contributed by atoms with Crippen LogP contribution in [0.5, 0.6) is 28.7 Å². The molecule has 3 aliphatic heterocycles. The summed E-state index contributed by atoms with van der Waals surface area (Å²) in [6.45, 7) is 13.7. The number of carbonyl (C=O) groups is 4. The number of anilines is 2. The van der Waals surface area contributed by atoms with Gasteiger partial charge in [0.1, 0.15) is 28.6 Å². The predicted molar refractivity (Wildman–Crippen MR) is 299 cm³/mol. The van der Waals surface area contributed by atoms with Crippen molar-refractivity contribution >= 4 is 46.5 Å². The van der Waals surface area contributed by atoms with E-state index >= 15 is 0 Å². The molecule has 4 amide bonds. The van der Waals surface area contributed by atoms with Crippen LogP contribution in [-0.4, -0.2) is 174 Å². The zero-order chi connectivity index (χ0) is 56.7. The molecule has 0 aliphatic carbocycles. The molecule has 0 radical (unpaired) electrons.